The van der Waals surface area contributed by atoms with Crippen LogP contribution in [-0.4, -0.2) is 41.4 Å². The summed E-state index contributed by atoms with van der Waals surface area (Å²) in [4.78, 5) is 27.0. The fourth-order valence-electron chi connectivity index (χ4n) is 3.57. The van der Waals surface area contributed by atoms with Gasteiger partial charge in [0.2, 0.25) is 5.91 Å². The third kappa shape index (κ3) is 4.19. The number of aliphatic hydroxyl groups is 1. The summed E-state index contributed by atoms with van der Waals surface area (Å²) >= 11 is 0. The van der Waals surface area contributed by atoms with E-state index in [0.717, 1.165) is 19.1 Å². The van der Waals surface area contributed by atoms with E-state index in [1.54, 1.807) is 0 Å². The zero-order valence-corrected chi connectivity index (χ0v) is 13.5. The number of hydrogen-bond donors (Lipinski definition) is 4. The van der Waals surface area contributed by atoms with E-state index in [0.29, 0.717) is 6.42 Å². The van der Waals surface area contributed by atoms with Gasteiger partial charge in [-0.2, -0.15) is 0 Å². The highest BCUT2D eigenvalue weighted by atomic mass is 16.3. The maximum Gasteiger partial charge on any atom is 0.217 e. The van der Waals surface area contributed by atoms with E-state index in [9.17, 15) is 14.7 Å². The normalized spacial score (nSPS) is 29.1. The second-order valence-corrected chi connectivity index (χ2v) is 6.03. The van der Waals surface area contributed by atoms with E-state index in [-0.39, 0.29) is 35.8 Å². The van der Waals surface area contributed by atoms with Crippen LogP contribution in [0, 0.1) is 17.8 Å². The smallest absolute Gasteiger partial charge is 0.217 e. The van der Waals surface area contributed by atoms with Crippen LogP contribution in [0.15, 0.2) is 4.99 Å². The van der Waals surface area contributed by atoms with Crippen LogP contribution in [0.2, 0.25) is 0 Å². The predicted octanol–water partition coefficient (Wildman–Crippen LogP) is -0.235. The van der Waals surface area contributed by atoms with Crippen LogP contribution in [0.1, 0.15) is 40.0 Å². The molecule has 7 heteroatoms. The summed E-state index contributed by atoms with van der Waals surface area (Å²) in [5.74, 6) is -0.928. The van der Waals surface area contributed by atoms with Crippen molar-refractivity contribution in [3.63, 3.8) is 0 Å². The number of aldehydes is 1. The van der Waals surface area contributed by atoms with Gasteiger partial charge < -0.3 is 26.7 Å². The lowest BCUT2D eigenvalue weighted by atomic mass is 9.80. The van der Waals surface area contributed by atoms with Gasteiger partial charge >= 0.3 is 0 Å². The maximum atomic E-state index is 11.6. The standard InChI is InChI=1S/C15H28N4O3/c1-4-9(5-2)13(18-8(3)21)12-11(19-15(16)17)6-10(7-20)14(12)22/h7,9-14,22H,4-6H2,1-3H3,(H,18,21)(H4,16,17,19)/t10-,11-,12?,13?,14-/m1/s1. The average Bonchev–Trinajstić information content (AvgIpc) is 2.73. The zero-order valence-electron chi connectivity index (χ0n) is 13.5. The lowest BCUT2D eigenvalue weighted by Crippen LogP contribution is -2.50. The summed E-state index contributed by atoms with van der Waals surface area (Å²) in [7, 11) is 0. The number of carbonyl (C=O) groups excluding carboxylic acids is 2. The minimum atomic E-state index is -0.858. The summed E-state index contributed by atoms with van der Waals surface area (Å²) in [6, 6.07) is -0.631. The first-order chi connectivity index (χ1) is 10.3. The fraction of sp³-hybridized carbons (Fsp3) is 0.800. The SMILES string of the molecule is CCC(CC)C(NC(C)=O)C1[C@H](N=C(N)N)C[C@H](C=O)[C@H]1O. The van der Waals surface area contributed by atoms with Crippen LogP contribution in [0.25, 0.3) is 0 Å². The van der Waals surface area contributed by atoms with Gasteiger partial charge in [-0.25, -0.2) is 4.99 Å². The Kier molecular flexibility index (Phi) is 6.80. The number of nitrogens with one attached hydrogen (secondary N) is 1. The van der Waals surface area contributed by atoms with Gasteiger partial charge in [-0.1, -0.05) is 26.7 Å². The topological polar surface area (TPSA) is 131 Å². The molecule has 1 aliphatic rings. The van der Waals surface area contributed by atoms with E-state index in [1.165, 1.54) is 6.92 Å². The van der Waals surface area contributed by atoms with Gasteiger partial charge in [0.15, 0.2) is 5.96 Å². The molecule has 0 heterocycles. The van der Waals surface area contributed by atoms with Gasteiger partial charge in [0.05, 0.1) is 12.1 Å². The number of carbonyl (C=O) groups is 2. The molecule has 2 unspecified atom stereocenters. The minimum Gasteiger partial charge on any atom is -0.392 e. The van der Waals surface area contributed by atoms with E-state index in [1.807, 2.05) is 13.8 Å². The Morgan fingerprint density at radius 1 is 1.41 bits per heavy atom. The Labute approximate surface area is 131 Å². The van der Waals surface area contributed by atoms with Crippen LogP contribution in [0.3, 0.4) is 0 Å². The van der Waals surface area contributed by atoms with Crippen molar-refractivity contribution in [3.8, 4) is 0 Å². The Bertz CT molecular complexity index is 419. The van der Waals surface area contributed by atoms with Crippen molar-refractivity contribution in [1.29, 1.82) is 0 Å². The van der Waals surface area contributed by atoms with E-state index in [4.69, 9.17) is 11.5 Å². The Balaban J connectivity index is 3.17. The van der Waals surface area contributed by atoms with Gasteiger partial charge in [0.25, 0.3) is 0 Å². The number of aliphatic imine (C=N–C) groups is 1. The van der Waals surface area contributed by atoms with E-state index in [2.05, 4.69) is 10.3 Å². The summed E-state index contributed by atoms with van der Waals surface area (Å²) in [5, 5.41) is 13.5. The summed E-state index contributed by atoms with van der Waals surface area (Å²) in [5.41, 5.74) is 11.0. The average molecular weight is 312 g/mol. The molecule has 1 saturated carbocycles. The van der Waals surface area contributed by atoms with Gasteiger partial charge in [-0.15, -0.1) is 0 Å². The highest BCUT2D eigenvalue weighted by molar-refractivity contribution is 5.76. The molecule has 0 aromatic rings. The number of nitrogens with zero attached hydrogens (tertiary/aromatic N) is 1. The lowest BCUT2D eigenvalue weighted by molar-refractivity contribution is -0.121. The second kappa shape index (κ2) is 8.12. The lowest BCUT2D eigenvalue weighted by Gasteiger charge is -2.35. The molecule has 1 fully saturated rings. The first kappa shape index (κ1) is 18.4. The third-order valence-corrected chi connectivity index (χ3v) is 4.62. The molecule has 7 nitrogen and oxygen atoms in total. The van der Waals surface area contributed by atoms with Crippen LogP contribution >= 0.6 is 0 Å². The summed E-state index contributed by atoms with van der Waals surface area (Å²) in [6.45, 7) is 5.53. The molecule has 6 N–H and O–H groups in total. The van der Waals surface area contributed by atoms with Crippen LogP contribution < -0.4 is 16.8 Å². The zero-order chi connectivity index (χ0) is 16.9. The van der Waals surface area contributed by atoms with Crippen LogP contribution in [0.5, 0.6) is 0 Å². The Morgan fingerprint density at radius 2 is 2.00 bits per heavy atom. The Morgan fingerprint density at radius 3 is 2.41 bits per heavy atom. The highest BCUT2D eigenvalue weighted by Gasteiger charge is 2.48. The monoisotopic (exact) mass is 312 g/mol. The number of guanidine groups is 1. The second-order valence-electron chi connectivity index (χ2n) is 6.03. The predicted molar refractivity (Wildman–Crippen MR) is 84.9 cm³/mol. The van der Waals surface area contributed by atoms with Crippen molar-refractivity contribution in [2.24, 2.45) is 34.2 Å². The fourth-order valence-corrected chi connectivity index (χ4v) is 3.57. The number of hydrogen-bond acceptors (Lipinski definition) is 4. The molecule has 5 atom stereocenters. The van der Waals surface area contributed by atoms with Crippen molar-refractivity contribution in [2.75, 3.05) is 0 Å². The van der Waals surface area contributed by atoms with Crippen LogP contribution in [0.4, 0.5) is 0 Å². The molecular weight excluding hydrogens is 284 g/mol. The van der Waals surface area contributed by atoms with Crippen molar-refractivity contribution >= 4 is 18.2 Å². The number of nitrogens with two attached hydrogens (primary N) is 2. The molecule has 1 aliphatic carbocycles. The summed E-state index contributed by atoms with van der Waals surface area (Å²) in [6.07, 6.45) is 1.99. The first-order valence-electron chi connectivity index (χ1n) is 7.84. The number of rotatable bonds is 7. The highest BCUT2D eigenvalue weighted by Crippen LogP contribution is 2.38. The van der Waals surface area contributed by atoms with Gasteiger partial charge in [-0.05, 0) is 12.3 Å². The molecule has 0 aromatic carbocycles. The van der Waals surface area contributed by atoms with Crippen molar-refractivity contribution in [2.45, 2.75) is 58.2 Å². The van der Waals surface area contributed by atoms with Crippen molar-refractivity contribution < 1.29 is 14.7 Å². The molecule has 0 saturated heterocycles. The quantitative estimate of drug-likeness (QED) is 0.293. The minimum absolute atomic E-state index is 0.0696. The van der Waals surface area contributed by atoms with Crippen molar-refractivity contribution in [1.82, 2.24) is 5.32 Å². The molecule has 1 amide bonds. The molecule has 0 aromatic heterocycles. The molecule has 22 heavy (non-hydrogen) atoms. The summed E-state index contributed by atoms with van der Waals surface area (Å²) < 4.78 is 0. The third-order valence-electron chi connectivity index (χ3n) is 4.62. The molecule has 0 aliphatic heterocycles. The number of amides is 1. The van der Waals surface area contributed by atoms with Gasteiger partial charge in [0.1, 0.15) is 6.29 Å². The molecule has 0 spiro atoms. The first-order valence-corrected chi connectivity index (χ1v) is 7.84. The van der Waals surface area contributed by atoms with Crippen LogP contribution in [-0.2, 0) is 9.59 Å². The molecular formula is C15H28N4O3. The number of aliphatic hydroxyl groups excluding tert-OH is 1. The van der Waals surface area contributed by atoms with E-state index >= 15 is 0 Å². The van der Waals surface area contributed by atoms with Gasteiger partial charge in [-0.3, -0.25) is 4.79 Å². The van der Waals surface area contributed by atoms with E-state index < -0.39 is 12.0 Å². The van der Waals surface area contributed by atoms with Gasteiger partial charge in [0, 0.05) is 24.8 Å². The Hall–Kier alpha value is -1.63. The largest absolute Gasteiger partial charge is 0.392 e. The molecule has 1 rings (SSSR count). The molecule has 126 valence electrons. The van der Waals surface area contributed by atoms with Crippen molar-refractivity contribution in [3.05, 3.63) is 0 Å². The molecule has 0 bridgehead atoms. The maximum absolute atomic E-state index is 11.6. The molecule has 0 radical (unpaired) electrons.